The molecule has 0 radical (unpaired) electrons. The molecule has 8 heteroatoms. The first-order valence-corrected chi connectivity index (χ1v) is 7.85. The van der Waals surface area contributed by atoms with Crippen LogP contribution in [-0.2, 0) is 6.54 Å². The number of thiazole rings is 1. The zero-order valence-corrected chi connectivity index (χ0v) is 14.2. The van der Waals surface area contributed by atoms with Crippen LogP contribution in [0.5, 0.6) is 0 Å². The fourth-order valence-corrected chi connectivity index (χ4v) is 3.82. The molecule has 3 heterocycles. The number of aromatic nitrogens is 1. The van der Waals surface area contributed by atoms with Gasteiger partial charge in [-0.3, -0.25) is 9.69 Å². The lowest BCUT2D eigenvalue weighted by Crippen LogP contribution is -2.46. The van der Waals surface area contributed by atoms with Gasteiger partial charge in [-0.1, -0.05) is 6.42 Å². The van der Waals surface area contributed by atoms with Crippen molar-refractivity contribution in [3.8, 4) is 0 Å². The molecule has 0 bridgehead atoms. The number of hydrogen-bond donors (Lipinski definition) is 2. The number of hydrogen-bond acceptors (Lipinski definition) is 5. The standard InChI is InChI=1S/C13H20N4OS.2ClH/c14-7-12-15-10(8-19-12)13(18)16-9-4-6-17-5-2-1-3-11(9)17;;/h8-9,11H,1-7,14H2,(H,16,18);2*1H. The van der Waals surface area contributed by atoms with Gasteiger partial charge in [-0.25, -0.2) is 4.98 Å². The maximum absolute atomic E-state index is 12.2. The average molecular weight is 353 g/mol. The number of halogens is 2. The molecule has 3 N–H and O–H groups in total. The van der Waals surface area contributed by atoms with Crippen LogP contribution in [0.1, 0.15) is 41.2 Å². The molecule has 2 atom stereocenters. The molecule has 120 valence electrons. The van der Waals surface area contributed by atoms with Gasteiger partial charge in [-0.2, -0.15) is 0 Å². The zero-order chi connectivity index (χ0) is 13.2. The Kier molecular flexibility index (Phi) is 7.36. The Bertz CT molecular complexity index is 471. The lowest BCUT2D eigenvalue weighted by Gasteiger charge is -2.32. The number of carbonyl (C=O) groups excluding carboxylic acids is 1. The molecular weight excluding hydrogens is 331 g/mol. The summed E-state index contributed by atoms with van der Waals surface area (Å²) in [4.78, 5) is 18.9. The second kappa shape index (κ2) is 8.29. The van der Waals surface area contributed by atoms with Gasteiger partial charge in [0.25, 0.3) is 5.91 Å². The van der Waals surface area contributed by atoms with Crippen molar-refractivity contribution in [2.24, 2.45) is 5.73 Å². The van der Waals surface area contributed by atoms with E-state index in [0.717, 1.165) is 18.0 Å². The molecule has 2 unspecified atom stereocenters. The fourth-order valence-electron chi connectivity index (χ4n) is 3.17. The van der Waals surface area contributed by atoms with Crippen molar-refractivity contribution in [1.29, 1.82) is 0 Å². The molecule has 0 spiro atoms. The van der Waals surface area contributed by atoms with Crippen molar-refractivity contribution in [2.45, 2.75) is 44.3 Å². The Morgan fingerprint density at radius 2 is 2.19 bits per heavy atom. The average Bonchev–Trinajstić information content (AvgIpc) is 3.06. The Morgan fingerprint density at radius 3 is 2.90 bits per heavy atom. The Labute approximate surface area is 141 Å². The highest BCUT2D eigenvalue weighted by atomic mass is 35.5. The summed E-state index contributed by atoms with van der Waals surface area (Å²) in [5.41, 5.74) is 6.04. The van der Waals surface area contributed by atoms with Crippen LogP contribution in [0.2, 0.25) is 0 Å². The van der Waals surface area contributed by atoms with E-state index in [-0.39, 0.29) is 36.8 Å². The van der Waals surface area contributed by atoms with Crippen molar-refractivity contribution in [1.82, 2.24) is 15.2 Å². The lowest BCUT2D eigenvalue weighted by atomic mass is 9.99. The SMILES string of the molecule is Cl.Cl.NCc1nc(C(=O)NC2CCN3CCCCC23)cs1. The van der Waals surface area contributed by atoms with Gasteiger partial charge in [0.15, 0.2) is 0 Å². The molecule has 2 aliphatic heterocycles. The van der Waals surface area contributed by atoms with Crippen molar-refractivity contribution < 1.29 is 4.79 Å². The number of rotatable bonds is 3. The van der Waals surface area contributed by atoms with Crippen LogP contribution in [0.4, 0.5) is 0 Å². The summed E-state index contributed by atoms with van der Waals surface area (Å²) in [6.07, 6.45) is 4.84. The van der Waals surface area contributed by atoms with Crippen LogP contribution in [0, 0.1) is 0 Å². The first kappa shape index (κ1) is 18.6. The van der Waals surface area contributed by atoms with E-state index in [1.807, 2.05) is 0 Å². The third-order valence-electron chi connectivity index (χ3n) is 4.13. The number of amides is 1. The summed E-state index contributed by atoms with van der Waals surface area (Å²) in [6.45, 7) is 2.70. The fraction of sp³-hybridized carbons (Fsp3) is 0.692. The Morgan fingerprint density at radius 1 is 1.38 bits per heavy atom. The maximum atomic E-state index is 12.2. The van der Waals surface area contributed by atoms with Crippen LogP contribution >= 0.6 is 36.2 Å². The van der Waals surface area contributed by atoms with Gasteiger partial charge in [0.05, 0.1) is 0 Å². The third-order valence-corrected chi connectivity index (χ3v) is 5.00. The van der Waals surface area contributed by atoms with Crippen LogP contribution in [0.25, 0.3) is 0 Å². The summed E-state index contributed by atoms with van der Waals surface area (Å²) in [6, 6.07) is 0.821. The summed E-state index contributed by atoms with van der Waals surface area (Å²) in [5, 5.41) is 5.77. The topological polar surface area (TPSA) is 71.2 Å². The van der Waals surface area contributed by atoms with Crippen LogP contribution in [0.15, 0.2) is 5.38 Å². The second-order valence-electron chi connectivity index (χ2n) is 5.30. The number of nitrogens with zero attached hydrogens (tertiary/aromatic N) is 2. The maximum Gasteiger partial charge on any atom is 0.271 e. The quantitative estimate of drug-likeness (QED) is 0.869. The van der Waals surface area contributed by atoms with Crippen molar-refractivity contribution in [3.63, 3.8) is 0 Å². The van der Waals surface area contributed by atoms with Gasteiger partial charge in [-0.15, -0.1) is 36.2 Å². The highest BCUT2D eigenvalue weighted by Crippen LogP contribution is 2.27. The molecule has 0 saturated carbocycles. The summed E-state index contributed by atoms with van der Waals surface area (Å²) in [5.74, 6) is -0.0478. The lowest BCUT2D eigenvalue weighted by molar-refractivity contribution is 0.0911. The summed E-state index contributed by atoms with van der Waals surface area (Å²) >= 11 is 1.45. The van der Waals surface area contributed by atoms with Gasteiger partial charge in [0.2, 0.25) is 0 Å². The van der Waals surface area contributed by atoms with Crippen molar-refractivity contribution >= 4 is 42.1 Å². The largest absolute Gasteiger partial charge is 0.346 e. The van der Waals surface area contributed by atoms with Crippen molar-refractivity contribution in [2.75, 3.05) is 13.1 Å². The second-order valence-corrected chi connectivity index (χ2v) is 6.24. The summed E-state index contributed by atoms with van der Waals surface area (Å²) < 4.78 is 0. The van der Waals surface area contributed by atoms with E-state index < -0.39 is 0 Å². The minimum Gasteiger partial charge on any atom is -0.346 e. The number of nitrogens with one attached hydrogen (secondary N) is 1. The van der Waals surface area contributed by atoms with Crippen LogP contribution < -0.4 is 11.1 Å². The number of carbonyl (C=O) groups is 1. The number of fused-ring (bicyclic) bond motifs is 1. The van der Waals surface area contributed by atoms with Gasteiger partial charge >= 0.3 is 0 Å². The third kappa shape index (κ3) is 4.07. The molecule has 0 aliphatic carbocycles. The highest BCUT2D eigenvalue weighted by molar-refractivity contribution is 7.09. The Hall–Kier alpha value is -0.400. The minimum atomic E-state index is -0.0478. The molecule has 21 heavy (non-hydrogen) atoms. The van der Waals surface area contributed by atoms with Crippen molar-refractivity contribution in [3.05, 3.63) is 16.1 Å². The predicted octanol–water partition coefficient (Wildman–Crippen LogP) is 1.80. The Balaban J connectivity index is 0.00000110. The molecule has 3 rings (SSSR count). The van der Waals surface area contributed by atoms with Crippen LogP contribution in [-0.4, -0.2) is 41.0 Å². The molecule has 1 aromatic heterocycles. The first-order chi connectivity index (χ1) is 9.28. The summed E-state index contributed by atoms with van der Waals surface area (Å²) in [7, 11) is 0. The van der Waals surface area contributed by atoms with Gasteiger partial charge in [0.1, 0.15) is 10.7 Å². The van der Waals surface area contributed by atoms with E-state index in [0.29, 0.717) is 18.3 Å². The van der Waals surface area contributed by atoms with Gasteiger partial charge < -0.3 is 11.1 Å². The van der Waals surface area contributed by atoms with Gasteiger partial charge in [-0.05, 0) is 25.8 Å². The zero-order valence-electron chi connectivity index (χ0n) is 11.8. The highest BCUT2D eigenvalue weighted by Gasteiger charge is 2.36. The number of piperidine rings is 1. The monoisotopic (exact) mass is 352 g/mol. The van der Waals surface area contributed by atoms with E-state index in [1.165, 1.54) is 37.1 Å². The molecule has 2 aliphatic rings. The molecule has 1 aromatic rings. The normalized spacial score (nSPS) is 24.6. The first-order valence-electron chi connectivity index (χ1n) is 6.97. The van der Waals surface area contributed by atoms with E-state index >= 15 is 0 Å². The molecule has 2 saturated heterocycles. The molecule has 5 nitrogen and oxygen atoms in total. The molecule has 2 fully saturated rings. The minimum absolute atomic E-state index is 0. The molecular formula is C13H22Cl2N4OS. The van der Waals surface area contributed by atoms with E-state index in [2.05, 4.69) is 15.2 Å². The van der Waals surface area contributed by atoms with Gasteiger partial charge in [0, 0.05) is 30.6 Å². The smallest absolute Gasteiger partial charge is 0.271 e. The van der Waals surface area contributed by atoms with Crippen LogP contribution in [0.3, 0.4) is 0 Å². The number of nitrogens with two attached hydrogens (primary N) is 1. The van der Waals surface area contributed by atoms with E-state index in [1.54, 1.807) is 5.38 Å². The molecule has 0 aromatic carbocycles. The van der Waals surface area contributed by atoms with E-state index in [4.69, 9.17) is 5.73 Å². The van der Waals surface area contributed by atoms with E-state index in [9.17, 15) is 4.79 Å². The molecule has 1 amide bonds. The predicted molar refractivity (Wildman–Crippen MR) is 89.6 cm³/mol.